The fourth-order valence-electron chi connectivity index (χ4n) is 2.75. The molecule has 0 aliphatic rings. The topological polar surface area (TPSA) is 65.4 Å². The Kier molecular flexibility index (Phi) is 5.63. The Morgan fingerprint density at radius 3 is 2.54 bits per heavy atom. The first-order chi connectivity index (χ1) is 12.4. The molecular weight excluding hydrogens is 378 g/mol. The van der Waals surface area contributed by atoms with Crippen LogP contribution in [0.25, 0.3) is 22.0 Å². The van der Waals surface area contributed by atoms with E-state index >= 15 is 0 Å². The molecule has 0 saturated heterocycles. The first-order valence-electron chi connectivity index (χ1n) is 7.98. The predicted molar refractivity (Wildman–Crippen MR) is 103 cm³/mol. The third-order valence-electron chi connectivity index (χ3n) is 4.03. The van der Waals surface area contributed by atoms with E-state index in [-0.39, 0.29) is 12.1 Å². The molecule has 4 nitrogen and oxygen atoms in total. The average molecular weight is 395 g/mol. The van der Waals surface area contributed by atoms with E-state index in [1.165, 1.54) is 12.3 Å². The molecule has 3 aromatic rings. The van der Waals surface area contributed by atoms with E-state index in [4.69, 9.17) is 28.3 Å². The number of halogens is 3. The minimum absolute atomic E-state index is 0.370. The molecule has 0 aliphatic heterocycles. The van der Waals surface area contributed by atoms with Crippen LogP contribution < -0.4 is 5.32 Å². The number of benzene rings is 2. The fraction of sp³-hybridized carbons (Fsp3) is 0.211. The SMILES string of the molecule is CC(Cl)Nc1c(Cl)cnc2cc(F)c(-c3ccc(C(O)CO)cc3)cc12. The number of aromatic nitrogens is 1. The summed E-state index contributed by atoms with van der Waals surface area (Å²) in [6.45, 7) is 1.39. The number of anilines is 1. The first-order valence-corrected chi connectivity index (χ1v) is 8.79. The summed E-state index contributed by atoms with van der Waals surface area (Å²) in [6, 6.07) is 9.69. The highest BCUT2D eigenvalue weighted by Crippen LogP contribution is 2.35. The van der Waals surface area contributed by atoms with Gasteiger partial charge in [-0.3, -0.25) is 4.98 Å². The van der Waals surface area contributed by atoms with Crippen LogP contribution in [0.3, 0.4) is 0 Å². The van der Waals surface area contributed by atoms with E-state index in [9.17, 15) is 9.50 Å². The van der Waals surface area contributed by atoms with Gasteiger partial charge in [-0.05, 0) is 24.1 Å². The lowest BCUT2D eigenvalue weighted by Gasteiger charge is -2.15. The number of fused-ring (bicyclic) bond motifs is 1. The van der Waals surface area contributed by atoms with E-state index in [1.807, 2.05) is 0 Å². The quantitative estimate of drug-likeness (QED) is 0.432. The Hall–Kier alpha value is -1.92. The molecule has 3 rings (SSSR count). The Bertz CT molecular complexity index is 933. The standard InChI is InChI=1S/C19H17Cl2FN2O2/c1-10(20)24-19-14-6-13(16(22)7-17(14)23-8-15(19)21)11-2-4-12(5-3-11)18(26)9-25/h2-8,10,18,25-26H,9H2,1H3,(H,23,24). The van der Waals surface area contributed by atoms with E-state index in [1.54, 1.807) is 37.3 Å². The number of hydrogen-bond acceptors (Lipinski definition) is 4. The summed E-state index contributed by atoms with van der Waals surface area (Å²) >= 11 is 12.3. The zero-order valence-electron chi connectivity index (χ0n) is 13.9. The summed E-state index contributed by atoms with van der Waals surface area (Å²) in [6.07, 6.45) is 0.491. The van der Waals surface area contributed by atoms with Crippen LogP contribution in [-0.4, -0.2) is 27.3 Å². The van der Waals surface area contributed by atoms with Gasteiger partial charge < -0.3 is 15.5 Å². The lowest BCUT2D eigenvalue weighted by atomic mass is 9.99. The molecule has 2 unspecified atom stereocenters. The summed E-state index contributed by atoms with van der Waals surface area (Å²) in [7, 11) is 0. The normalized spacial score (nSPS) is 13.6. The molecule has 0 amide bonds. The molecule has 2 atom stereocenters. The van der Waals surface area contributed by atoms with Gasteiger partial charge in [0.2, 0.25) is 0 Å². The number of pyridine rings is 1. The maximum atomic E-state index is 14.6. The number of aliphatic hydroxyl groups is 2. The van der Waals surface area contributed by atoms with Gasteiger partial charge in [-0.15, -0.1) is 0 Å². The zero-order chi connectivity index (χ0) is 18.8. The lowest BCUT2D eigenvalue weighted by molar-refractivity contribution is 0.0956. The van der Waals surface area contributed by atoms with Crippen molar-refractivity contribution in [3.63, 3.8) is 0 Å². The van der Waals surface area contributed by atoms with Crippen molar-refractivity contribution in [2.75, 3.05) is 11.9 Å². The molecule has 2 aromatic carbocycles. The van der Waals surface area contributed by atoms with Crippen molar-refractivity contribution in [2.45, 2.75) is 18.5 Å². The summed E-state index contributed by atoms with van der Waals surface area (Å²) in [5, 5.41) is 22.8. The Morgan fingerprint density at radius 1 is 1.23 bits per heavy atom. The van der Waals surface area contributed by atoms with Gasteiger partial charge >= 0.3 is 0 Å². The smallest absolute Gasteiger partial charge is 0.133 e. The maximum Gasteiger partial charge on any atom is 0.133 e. The summed E-state index contributed by atoms with van der Waals surface area (Å²) in [5.41, 5.74) is 2.24. The Labute approximate surface area is 160 Å². The van der Waals surface area contributed by atoms with E-state index in [0.29, 0.717) is 38.3 Å². The highest BCUT2D eigenvalue weighted by Gasteiger charge is 2.15. The van der Waals surface area contributed by atoms with Gasteiger partial charge in [-0.25, -0.2) is 4.39 Å². The van der Waals surface area contributed by atoms with Crippen molar-refractivity contribution < 1.29 is 14.6 Å². The van der Waals surface area contributed by atoms with Crippen LogP contribution in [0.4, 0.5) is 10.1 Å². The number of aliphatic hydroxyl groups excluding tert-OH is 2. The minimum Gasteiger partial charge on any atom is -0.393 e. The largest absolute Gasteiger partial charge is 0.393 e. The second-order valence-corrected chi connectivity index (χ2v) is 6.97. The molecule has 0 radical (unpaired) electrons. The van der Waals surface area contributed by atoms with Crippen LogP contribution in [0.1, 0.15) is 18.6 Å². The van der Waals surface area contributed by atoms with Crippen LogP contribution in [-0.2, 0) is 0 Å². The molecule has 1 aromatic heterocycles. The minimum atomic E-state index is -0.963. The summed E-state index contributed by atoms with van der Waals surface area (Å²) in [4.78, 5) is 4.18. The summed E-state index contributed by atoms with van der Waals surface area (Å²) < 4.78 is 14.6. The van der Waals surface area contributed by atoms with E-state index < -0.39 is 11.9 Å². The molecule has 0 spiro atoms. The Morgan fingerprint density at radius 2 is 1.92 bits per heavy atom. The van der Waals surface area contributed by atoms with Crippen molar-refractivity contribution >= 4 is 39.8 Å². The third-order valence-corrected chi connectivity index (χ3v) is 4.43. The molecule has 0 saturated carbocycles. The number of nitrogens with one attached hydrogen (secondary N) is 1. The zero-order valence-corrected chi connectivity index (χ0v) is 15.4. The van der Waals surface area contributed by atoms with Gasteiger partial charge in [0.1, 0.15) is 11.9 Å². The first kappa shape index (κ1) is 18.9. The third kappa shape index (κ3) is 3.76. The molecule has 3 N–H and O–H groups in total. The molecule has 7 heteroatoms. The maximum absolute atomic E-state index is 14.6. The van der Waals surface area contributed by atoms with Crippen molar-refractivity contribution in [3.05, 3.63) is 59.0 Å². The summed E-state index contributed by atoms with van der Waals surface area (Å²) in [5.74, 6) is -0.423. The van der Waals surface area contributed by atoms with Crippen LogP contribution in [0.2, 0.25) is 5.02 Å². The fourth-order valence-corrected chi connectivity index (χ4v) is 3.06. The van der Waals surface area contributed by atoms with Crippen molar-refractivity contribution in [1.82, 2.24) is 4.98 Å². The predicted octanol–water partition coefficient (Wildman–Crippen LogP) is 4.72. The van der Waals surface area contributed by atoms with E-state index in [0.717, 1.165) is 0 Å². The molecule has 26 heavy (non-hydrogen) atoms. The van der Waals surface area contributed by atoms with Crippen LogP contribution in [0, 0.1) is 5.82 Å². The monoisotopic (exact) mass is 394 g/mol. The van der Waals surface area contributed by atoms with Crippen LogP contribution in [0.15, 0.2) is 42.6 Å². The molecule has 0 fully saturated rings. The van der Waals surface area contributed by atoms with Crippen LogP contribution >= 0.6 is 23.2 Å². The molecule has 0 aliphatic carbocycles. The van der Waals surface area contributed by atoms with Gasteiger partial charge in [0.15, 0.2) is 0 Å². The van der Waals surface area contributed by atoms with Crippen molar-refractivity contribution in [2.24, 2.45) is 0 Å². The van der Waals surface area contributed by atoms with Gasteiger partial charge in [-0.1, -0.05) is 47.5 Å². The van der Waals surface area contributed by atoms with E-state index in [2.05, 4.69) is 10.3 Å². The van der Waals surface area contributed by atoms with Gasteiger partial charge in [0.05, 0.1) is 28.3 Å². The van der Waals surface area contributed by atoms with Gasteiger partial charge in [0, 0.05) is 23.2 Å². The number of hydrogen-bond donors (Lipinski definition) is 3. The van der Waals surface area contributed by atoms with Gasteiger partial charge in [0.25, 0.3) is 0 Å². The number of alkyl halides is 1. The molecule has 136 valence electrons. The van der Waals surface area contributed by atoms with Gasteiger partial charge in [-0.2, -0.15) is 0 Å². The highest BCUT2D eigenvalue weighted by molar-refractivity contribution is 6.35. The van der Waals surface area contributed by atoms with Crippen molar-refractivity contribution in [1.29, 1.82) is 0 Å². The number of rotatable bonds is 5. The average Bonchev–Trinajstić information content (AvgIpc) is 2.63. The lowest BCUT2D eigenvalue weighted by Crippen LogP contribution is -2.08. The second-order valence-electron chi connectivity index (χ2n) is 5.91. The second kappa shape index (κ2) is 7.76. The Balaban J connectivity index is 2.12. The highest BCUT2D eigenvalue weighted by atomic mass is 35.5. The van der Waals surface area contributed by atoms with Crippen molar-refractivity contribution in [3.8, 4) is 11.1 Å². The molecular formula is C19H17Cl2FN2O2. The number of nitrogens with zero attached hydrogens (tertiary/aromatic N) is 1. The molecule has 0 bridgehead atoms. The molecule has 1 heterocycles. The van der Waals surface area contributed by atoms with Crippen LogP contribution in [0.5, 0.6) is 0 Å².